The molecule has 1 aromatic carbocycles. The first-order valence-electron chi connectivity index (χ1n) is 6.08. The first-order chi connectivity index (χ1) is 9.47. The van der Waals surface area contributed by atoms with E-state index < -0.39 is 5.97 Å². The molecule has 3 N–H and O–H groups in total. The molecule has 1 aliphatic rings. The fourth-order valence-electron chi connectivity index (χ4n) is 2.00. The van der Waals surface area contributed by atoms with Crippen LogP contribution in [0.25, 0.3) is 0 Å². The van der Waals surface area contributed by atoms with E-state index in [9.17, 15) is 14.4 Å². The number of benzene rings is 1. The summed E-state index contributed by atoms with van der Waals surface area (Å²) in [6.45, 7) is 0.258. The van der Waals surface area contributed by atoms with Crippen molar-refractivity contribution in [1.82, 2.24) is 5.32 Å². The molecule has 1 atom stereocenters. The van der Waals surface area contributed by atoms with Crippen LogP contribution >= 0.6 is 11.6 Å². The van der Waals surface area contributed by atoms with Crippen molar-refractivity contribution in [3.05, 3.63) is 28.8 Å². The highest BCUT2D eigenvalue weighted by molar-refractivity contribution is 6.31. The highest BCUT2D eigenvalue weighted by atomic mass is 35.5. The van der Waals surface area contributed by atoms with Crippen molar-refractivity contribution >= 4 is 35.1 Å². The van der Waals surface area contributed by atoms with E-state index >= 15 is 0 Å². The van der Waals surface area contributed by atoms with Crippen molar-refractivity contribution in [2.45, 2.75) is 12.8 Å². The SMILES string of the molecule is O=C1CCC(C(=O)Nc2cc(Cl)ccc2C(=O)O)CN1. The molecular formula is C13H13ClN2O4. The number of hydrogen-bond acceptors (Lipinski definition) is 3. The first kappa shape index (κ1) is 14.3. The van der Waals surface area contributed by atoms with Crippen LogP contribution in [0.15, 0.2) is 18.2 Å². The monoisotopic (exact) mass is 296 g/mol. The molecule has 20 heavy (non-hydrogen) atoms. The van der Waals surface area contributed by atoms with Crippen LogP contribution in [0, 0.1) is 5.92 Å². The second-order valence-corrected chi connectivity index (χ2v) is 4.96. The fraction of sp³-hybridized carbons (Fsp3) is 0.308. The average Bonchev–Trinajstić information content (AvgIpc) is 2.39. The summed E-state index contributed by atoms with van der Waals surface area (Å²) in [6, 6.07) is 4.18. The van der Waals surface area contributed by atoms with Crippen molar-refractivity contribution in [2.75, 3.05) is 11.9 Å². The van der Waals surface area contributed by atoms with E-state index in [4.69, 9.17) is 16.7 Å². The zero-order valence-electron chi connectivity index (χ0n) is 10.5. The normalized spacial score (nSPS) is 18.2. The second-order valence-electron chi connectivity index (χ2n) is 4.52. The number of carbonyl (C=O) groups is 3. The first-order valence-corrected chi connectivity index (χ1v) is 6.45. The summed E-state index contributed by atoms with van der Waals surface area (Å²) in [6.07, 6.45) is 0.736. The van der Waals surface area contributed by atoms with Gasteiger partial charge in [0.2, 0.25) is 11.8 Å². The van der Waals surface area contributed by atoms with Crippen molar-refractivity contribution in [3.8, 4) is 0 Å². The van der Waals surface area contributed by atoms with Gasteiger partial charge in [-0.25, -0.2) is 4.79 Å². The molecule has 0 radical (unpaired) electrons. The van der Waals surface area contributed by atoms with E-state index in [0.29, 0.717) is 17.9 Å². The standard InChI is InChI=1S/C13H13ClN2O4/c14-8-2-3-9(13(19)20)10(5-8)16-12(18)7-1-4-11(17)15-6-7/h2-3,5,7H,1,4,6H2,(H,15,17)(H,16,18)(H,19,20). The summed E-state index contributed by atoms with van der Waals surface area (Å²) in [4.78, 5) is 34.2. The molecule has 0 aromatic heterocycles. The Bertz CT molecular complexity index is 563. The van der Waals surface area contributed by atoms with Crippen LogP contribution in [-0.2, 0) is 9.59 Å². The van der Waals surface area contributed by atoms with E-state index in [2.05, 4.69) is 10.6 Å². The molecule has 0 saturated carbocycles. The van der Waals surface area contributed by atoms with Gasteiger partial charge in [0.15, 0.2) is 0 Å². The maximum Gasteiger partial charge on any atom is 0.337 e. The van der Waals surface area contributed by atoms with Crippen molar-refractivity contribution < 1.29 is 19.5 Å². The third-order valence-electron chi connectivity index (χ3n) is 3.11. The Labute approximate surface area is 120 Å². The minimum Gasteiger partial charge on any atom is -0.478 e. The van der Waals surface area contributed by atoms with Crippen LogP contribution in [0.3, 0.4) is 0 Å². The molecule has 2 amide bonds. The minimum absolute atomic E-state index is 0.0254. The van der Waals surface area contributed by atoms with Crippen LogP contribution < -0.4 is 10.6 Å². The Balaban J connectivity index is 2.13. The Morgan fingerprint density at radius 1 is 1.40 bits per heavy atom. The molecule has 106 valence electrons. The Kier molecular flexibility index (Phi) is 4.24. The lowest BCUT2D eigenvalue weighted by atomic mass is 9.98. The number of hydrogen-bond donors (Lipinski definition) is 3. The van der Waals surface area contributed by atoms with E-state index in [0.717, 1.165) is 0 Å². The van der Waals surface area contributed by atoms with Gasteiger partial charge in [-0.15, -0.1) is 0 Å². The lowest BCUT2D eigenvalue weighted by Gasteiger charge is -2.22. The lowest BCUT2D eigenvalue weighted by molar-refractivity contribution is -0.126. The number of carboxylic acid groups (broad SMARTS) is 1. The van der Waals surface area contributed by atoms with Crippen molar-refractivity contribution in [2.24, 2.45) is 5.92 Å². The Hall–Kier alpha value is -2.08. The summed E-state index contributed by atoms with van der Waals surface area (Å²) in [5, 5.41) is 14.6. The number of halogens is 1. The number of rotatable bonds is 3. The quantitative estimate of drug-likeness (QED) is 0.787. The third kappa shape index (κ3) is 3.27. The zero-order valence-corrected chi connectivity index (χ0v) is 11.2. The molecule has 1 fully saturated rings. The van der Waals surface area contributed by atoms with Gasteiger partial charge in [-0.05, 0) is 24.6 Å². The smallest absolute Gasteiger partial charge is 0.337 e. The van der Waals surface area contributed by atoms with Crippen LogP contribution in [0.4, 0.5) is 5.69 Å². The highest BCUT2D eigenvalue weighted by Crippen LogP contribution is 2.22. The topological polar surface area (TPSA) is 95.5 Å². The van der Waals surface area contributed by atoms with Gasteiger partial charge in [0.05, 0.1) is 17.2 Å². The van der Waals surface area contributed by atoms with Crippen LogP contribution in [-0.4, -0.2) is 29.4 Å². The number of carboxylic acids is 1. The molecule has 6 nitrogen and oxygen atoms in total. The lowest BCUT2D eigenvalue weighted by Crippen LogP contribution is -2.40. The number of aromatic carboxylic acids is 1. The van der Waals surface area contributed by atoms with E-state index in [-0.39, 0.29) is 35.5 Å². The van der Waals surface area contributed by atoms with Crippen LogP contribution in [0.2, 0.25) is 5.02 Å². The van der Waals surface area contributed by atoms with E-state index in [1.165, 1.54) is 18.2 Å². The van der Waals surface area contributed by atoms with E-state index in [1.54, 1.807) is 0 Å². The van der Waals surface area contributed by atoms with Crippen molar-refractivity contribution in [3.63, 3.8) is 0 Å². The minimum atomic E-state index is -1.14. The number of amides is 2. The molecular weight excluding hydrogens is 284 g/mol. The summed E-state index contributed by atoms with van der Waals surface area (Å²) in [7, 11) is 0. The summed E-state index contributed by atoms with van der Waals surface area (Å²) >= 11 is 5.81. The maximum atomic E-state index is 12.1. The highest BCUT2D eigenvalue weighted by Gasteiger charge is 2.25. The van der Waals surface area contributed by atoms with Gasteiger partial charge in [0.1, 0.15) is 0 Å². The van der Waals surface area contributed by atoms with Gasteiger partial charge in [0.25, 0.3) is 0 Å². The largest absolute Gasteiger partial charge is 0.478 e. The number of piperidine rings is 1. The van der Waals surface area contributed by atoms with Gasteiger partial charge in [-0.2, -0.15) is 0 Å². The second kappa shape index (κ2) is 5.92. The molecule has 1 unspecified atom stereocenters. The average molecular weight is 297 g/mol. The van der Waals surface area contributed by atoms with Crippen molar-refractivity contribution in [1.29, 1.82) is 0 Å². The molecule has 1 saturated heterocycles. The van der Waals surface area contributed by atoms with Gasteiger partial charge < -0.3 is 15.7 Å². The fourth-order valence-corrected chi connectivity index (χ4v) is 2.17. The number of nitrogens with one attached hydrogen (secondary N) is 2. The molecule has 0 aliphatic carbocycles. The van der Waals surface area contributed by atoms with Gasteiger partial charge in [0, 0.05) is 18.0 Å². The number of carbonyl (C=O) groups excluding carboxylic acids is 2. The molecule has 1 aliphatic heterocycles. The summed E-state index contributed by atoms with van der Waals surface area (Å²) in [5.41, 5.74) is 0.134. The summed E-state index contributed by atoms with van der Waals surface area (Å²) in [5.74, 6) is -1.92. The molecule has 0 bridgehead atoms. The molecule has 0 spiro atoms. The van der Waals surface area contributed by atoms with E-state index in [1.807, 2.05) is 0 Å². The zero-order chi connectivity index (χ0) is 14.7. The third-order valence-corrected chi connectivity index (χ3v) is 3.34. The number of anilines is 1. The molecule has 2 rings (SSSR count). The predicted octanol–water partition coefficient (Wildman–Crippen LogP) is 1.50. The van der Waals surface area contributed by atoms with Gasteiger partial charge in [-0.1, -0.05) is 11.6 Å². The molecule has 7 heteroatoms. The van der Waals surface area contributed by atoms with Crippen LogP contribution in [0.1, 0.15) is 23.2 Å². The predicted molar refractivity (Wildman–Crippen MR) is 72.8 cm³/mol. The summed E-state index contributed by atoms with van der Waals surface area (Å²) < 4.78 is 0. The Morgan fingerprint density at radius 3 is 2.75 bits per heavy atom. The molecule has 1 aromatic rings. The maximum absolute atomic E-state index is 12.1. The Morgan fingerprint density at radius 2 is 2.15 bits per heavy atom. The molecule has 1 heterocycles. The van der Waals surface area contributed by atoms with Gasteiger partial charge in [-0.3, -0.25) is 9.59 Å². The van der Waals surface area contributed by atoms with Gasteiger partial charge >= 0.3 is 5.97 Å². The van der Waals surface area contributed by atoms with Crippen LogP contribution in [0.5, 0.6) is 0 Å².